The molecule has 1 unspecified atom stereocenters. The molecule has 3 heteroatoms. The molecule has 0 radical (unpaired) electrons. The number of carbonyl (C=O) groups is 1. The Hall–Kier alpha value is -0.570. The minimum Gasteiger partial charge on any atom is -0.340 e. The first-order valence-corrected chi connectivity index (χ1v) is 4.14. The molecule has 1 aliphatic rings. The van der Waals surface area contributed by atoms with Crippen LogP contribution < -0.4 is 5.73 Å². The predicted molar refractivity (Wildman–Crippen MR) is 44.0 cm³/mol. The summed E-state index contributed by atoms with van der Waals surface area (Å²) in [5.41, 5.74) is 5.48. The van der Waals surface area contributed by atoms with Gasteiger partial charge < -0.3 is 10.6 Å². The molecular formula is C8H16N2O. The van der Waals surface area contributed by atoms with Crippen molar-refractivity contribution in [1.29, 1.82) is 0 Å². The predicted octanol–water partition coefficient (Wildman–Crippen LogP) is 0.202. The van der Waals surface area contributed by atoms with Crippen molar-refractivity contribution in [2.45, 2.75) is 26.3 Å². The molecule has 0 aromatic heterocycles. The minimum atomic E-state index is 0.260. The fourth-order valence-corrected chi connectivity index (χ4v) is 1.47. The van der Waals surface area contributed by atoms with Gasteiger partial charge in [-0.05, 0) is 26.3 Å². The van der Waals surface area contributed by atoms with Crippen molar-refractivity contribution >= 4 is 5.91 Å². The summed E-state index contributed by atoms with van der Waals surface area (Å²) < 4.78 is 0. The van der Waals surface area contributed by atoms with Gasteiger partial charge in [0.2, 0.25) is 5.91 Å². The van der Waals surface area contributed by atoms with Gasteiger partial charge in [0.15, 0.2) is 0 Å². The smallest absolute Gasteiger partial charge is 0.223 e. The zero-order chi connectivity index (χ0) is 8.43. The number of nitrogens with zero attached hydrogens (tertiary/aromatic N) is 1. The highest BCUT2D eigenvalue weighted by Crippen LogP contribution is 2.18. The van der Waals surface area contributed by atoms with Gasteiger partial charge in [-0.3, -0.25) is 4.79 Å². The van der Waals surface area contributed by atoms with Crippen LogP contribution in [0, 0.1) is 5.92 Å². The molecule has 0 aromatic carbocycles. The zero-order valence-electron chi connectivity index (χ0n) is 7.21. The molecular weight excluding hydrogens is 140 g/mol. The lowest BCUT2D eigenvalue weighted by atomic mass is 10.1. The molecule has 1 aliphatic heterocycles. The van der Waals surface area contributed by atoms with E-state index >= 15 is 0 Å². The van der Waals surface area contributed by atoms with Crippen molar-refractivity contribution in [3.8, 4) is 0 Å². The van der Waals surface area contributed by atoms with Crippen LogP contribution in [0.5, 0.6) is 0 Å². The molecule has 64 valence electrons. The zero-order valence-corrected chi connectivity index (χ0v) is 7.21. The average Bonchev–Trinajstić information content (AvgIpc) is 2.30. The summed E-state index contributed by atoms with van der Waals surface area (Å²) in [6, 6.07) is 0.332. The van der Waals surface area contributed by atoms with Gasteiger partial charge in [0, 0.05) is 19.0 Å². The van der Waals surface area contributed by atoms with Crippen molar-refractivity contribution in [2.75, 3.05) is 13.1 Å². The van der Waals surface area contributed by atoms with Crippen LogP contribution >= 0.6 is 0 Å². The Morgan fingerprint density at radius 3 is 2.64 bits per heavy atom. The summed E-state index contributed by atoms with van der Waals surface area (Å²) >= 11 is 0. The van der Waals surface area contributed by atoms with Gasteiger partial charge in [0.25, 0.3) is 0 Å². The summed E-state index contributed by atoms with van der Waals surface area (Å²) in [4.78, 5) is 13.2. The fraction of sp³-hybridized carbons (Fsp3) is 0.875. The summed E-state index contributed by atoms with van der Waals surface area (Å²) in [6.07, 6.45) is 0.648. The van der Waals surface area contributed by atoms with Gasteiger partial charge >= 0.3 is 0 Å². The minimum absolute atomic E-state index is 0.260. The number of rotatable bonds is 2. The van der Waals surface area contributed by atoms with Gasteiger partial charge in [-0.15, -0.1) is 0 Å². The maximum absolute atomic E-state index is 11.3. The van der Waals surface area contributed by atoms with Crippen molar-refractivity contribution in [3.63, 3.8) is 0 Å². The highest BCUT2D eigenvalue weighted by Gasteiger charge is 2.29. The number of amides is 1. The summed E-state index contributed by atoms with van der Waals surface area (Å²) in [7, 11) is 0. The Kier molecular flexibility index (Phi) is 2.49. The van der Waals surface area contributed by atoms with Crippen molar-refractivity contribution < 1.29 is 4.79 Å². The Labute approximate surface area is 67.5 Å². The summed E-state index contributed by atoms with van der Waals surface area (Å²) in [5, 5.41) is 0. The molecule has 1 atom stereocenters. The van der Waals surface area contributed by atoms with Gasteiger partial charge in [0.05, 0.1) is 0 Å². The van der Waals surface area contributed by atoms with E-state index in [0.29, 0.717) is 24.9 Å². The van der Waals surface area contributed by atoms with Gasteiger partial charge in [-0.1, -0.05) is 0 Å². The Morgan fingerprint density at radius 2 is 2.36 bits per heavy atom. The second kappa shape index (κ2) is 3.22. The van der Waals surface area contributed by atoms with Crippen LogP contribution in [0.15, 0.2) is 0 Å². The first-order valence-electron chi connectivity index (χ1n) is 4.14. The molecule has 11 heavy (non-hydrogen) atoms. The van der Waals surface area contributed by atoms with E-state index in [0.717, 1.165) is 6.54 Å². The highest BCUT2D eigenvalue weighted by atomic mass is 16.2. The van der Waals surface area contributed by atoms with E-state index in [4.69, 9.17) is 5.73 Å². The topological polar surface area (TPSA) is 46.3 Å². The van der Waals surface area contributed by atoms with Crippen LogP contribution in [-0.4, -0.2) is 29.9 Å². The lowest BCUT2D eigenvalue weighted by Crippen LogP contribution is -2.32. The van der Waals surface area contributed by atoms with Crippen LogP contribution in [0.3, 0.4) is 0 Å². The molecule has 0 aliphatic carbocycles. The second-order valence-corrected chi connectivity index (χ2v) is 3.45. The molecule has 3 nitrogen and oxygen atoms in total. The van der Waals surface area contributed by atoms with Gasteiger partial charge in [-0.2, -0.15) is 0 Å². The third-order valence-electron chi connectivity index (χ3n) is 2.20. The first-order chi connectivity index (χ1) is 5.15. The molecule has 0 aromatic rings. The number of likely N-dealkylation sites (tertiary alicyclic amines) is 1. The third-order valence-corrected chi connectivity index (χ3v) is 2.20. The maximum Gasteiger partial charge on any atom is 0.223 e. The van der Waals surface area contributed by atoms with Gasteiger partial charge in [-0.25, -0.2) is 0 Å². The quantitative estimate of drug-likeness (QED) is 0.621. The van der Waals surface area contributed by atoms with E-state index in [1.54, 1.807) is 0 Å². The third kappa shape index (κ3) is 1.71. The van der Waals surface area contributed by atoms with Crippen LogP contribution in [0.1, 0.15) is 20.3 Å². The lowest BCUT2D eigenvalue weighted by molar-refractivity contribution is -0.129. The molecule has 1 heterocycles. The van der Waals surface area contributed by atoms with E-state index in [2.05, 4.69) is 0 Å². The fourth-order valence-electron chi connectivity index (χ4n) is 1.47. The molecule has 0 saturated carbocycles. The highest BCUT2D eigenvalue weighted by molar-refractivity contribution is 5.78. The first kappa shape index (κ1) is 8.53. The number of nitrogens with two attached hydrogens (primary N) is 1. The molecule has 0 bridgehead atoms. The van der Waals surface area contributed by atoms with E-state index in [1.807, 2.05) is 18.7 Å². The Bertz CT molecular complexity index is 156. The molecule has 1 fully saturated rings. The van der Waals surface area contributed by atoms with E-state index in [9.17, 15) is 4.79 Å². The molecule has 2 N–H and O–H groups in total. The van der Waals surface area contributed by atoms with Crippen LogP contribution in [0.4, 0.5) is 0 Å². The molecule has 1 amide bonds. The largest absolute Gasteiger partial charge is 0.340 e. The molecule has 1 saturated heterocycles. The van der Waals surface area contributed by atoms with E-state index < -0.39 is 0 Å². The summed E-state index contributed by atoms with van der Waals surface area (Å²) in [6.45, 7) is 5.57. The monoisotopic (exact) mass is 156 g/mol. The van der Waals surface area contributed by atoms with Gasteiger partial charge in [0.1, 0.15) is 0 Å². The normalized spacial score (nSPS) is 25.3. The standard InChI is InChI=1S/C8H16N2O/c1-6(2)10-5-7(4-9)3-8(10)11/h6-7H,3-5,9H2,1-2H3. The number of hydrogen-bond acceptors (Lipinski definition) is 2. The molecule has 1 rings (SSSR count). The van der Waals surface area contributed by atoms with Crippen LogP contribution in [-0.2, 0) is 4.79 Å². The van der Waals surface area contributed by atoms with Crippen LogP contribution in [0.25, 0.3) is 0 Å². The Balaban J connectivity index is 2.52. The van der Waals surface area contributed by atoms with E-state index in [-0.39, 0.29) is 5.91 Å². The lowest BCUT2D eigenvalue weighted by Gasteiger charge is -2.20. The van der Waals surface area contributed by atoms with Crippen molar-refractivity contribution in [1.82, 2.24) is 4.90 Å². The number of hydrogen-bond donors (Lipinski definition) is 1. The van der Waals surface area contributed by atoms with E-state index in [1.165, 1.54) is 0 Å². The SMILES string of the molecule is CC(C)N1CC(CN)CC1=O. The summed E-state index contributed by atoms with van der Waals surface area (Å²) in [5.74, 6) is 0.653. The van der Waals surface area contributed by atoms with Crippen molar-refractivity contribution in [3.05, 3.63) is 0 Å². The molecule has 0 spiro atoms. The maximum atomic E-state index is 11.3. The Morgan fingerprint density at radius 1 is 1.73 bits per heavy atom. The average molecular weight is 156 g/mol. The number of carbonyl (C=O) groups excluding carboxylic acids is 1. The van der Waals surface area contributed by atoms with Crippen LogP contribution in [0.2, 0.25) is 0 Å². The van der Waals surface area contributed by atoms with Crippen molar-refractivity contribution in [2.24, 2.45) is 11.7 Å². The second-order valence-electron chi connectivity index (χ2n) is 3.45.